The van der Waals surface area contributed by atoms with Crippen molar-refractivity contribution in [3.05, 3.63) is 65.7 Å². The van der Waals surface area contributed by atoms with Gasteiger partial charge in [-0.25, -0.2) is 0 Å². The molecule has 3 unspecified atom stereocenters. The lowest BCUT2D eigenvalue weighted by Gasteiger charge is -2.45. The van der Waals surface area contributed by atoms with Crippen LogP contribution in [0.25, 0.3) is 0 Å². The molecule has 2 aromatic rings. The zero-order chi connectivity index (χ0) is 19.3. The van der Waals surface area contributed by atoms with Gasteiger partial charge in [-0.2, -0.15) is 0 Å². The highest BCUT2D eigenvalue weighted by atomic mass is 32.2. The van der Waals surface area contributed by atoms with Crippen molar-refractivity contribution in [2.24, 2.45) is 11.8 Å². The van der Waals surface area contributed by atoms with Crippen LogP contribution in [0, 0.1) is 11.8 Å². The average molecular weight is 384 g/mol. The summed E-state index contributed by atoms with van der Waals surface area (Å²) in [5.74, 6) is 0.965. The first-order chi connectivity index (χ1) is 13.0. The van der Waals surface area contributed by atoms with Gasteiger partial charge >= 0.3 is 0 Å². The Kier molecular flexibility index (Phi) is 7.02. The quantitative estimate of drug-likeness (QED) is 0.664. The van der Waals surface area contributed by atoms with E-state index in [0.717, 1.165) is 37.8 Å². The van der Waals surface area contributed by atoms with Gasteiger partial charge in [0.15, 0.2) is 0 Å². The van der Waals surface area contributed by atoms with E-state index in [1.54, 1.807) is 11.8 Å². The molecule has 3 atom stereocenters. The number of nitrogens with zero attached hydrogens (tertiary/aromatic N) is 1. The van der Waals surface area contributed by atoms with Crippen molar-refractivity contribution in [2.45, 2.75) is 42.6 Å². The lowest BCUT2D eigenvalue weighted by molar-refractivity contribution is -0.0779. The van der Waals surface area contributed by atoms with E-state index in [1.165, 1.54) is 16.9 Å². The van der Waals surface area contributed by atoms with Crippen LogP contribution in [0.3, 0.4) is 0 Å². The maximum Gasteiger partial charge on any atom is 0.0947 e. The van der Waals surface area contributed by atoms with Gasteiger partial charge in [-0.3, -0.25) is 0 Å². The standard InChI is InChI=1S/C24H33NOS/c1-25(2)18-21-17-20(14-13-19-9-5-4-6-10-19)15-16-24(21,26)22-11-7-8-12-23(22)27-3/h4-12,20-21,26H,13-18H2,1-3H3. The Morgan fingerprint density at radius 2 is 1.78 bits per heavy atom. The van der Waals surface area contributed by atoms with Crippen LogP contribution < -0.4 is 0 Å². The molecule has 1 fully saturated rings. The monoisotopic (exact) mass is 383 g/mol. The maximum atomic E-state index is 11.8. The number of thioether (sulfide) groups is 1. The third kappa shape index (κ3) is 4.96. The van der Waals surface area contributed by atoms with E-state index < -0.39 is 5.60 Å². The third-order valence-corrected chi connectivity index (χ3v) is 6.87. The molecule has 27 heavy (non-hydrogen) atoms. The predicted octanol–water partition coefficient (Wildman–Crippen LogP) is 5.21. The topological polar surface area (TPSA) is 23.5 Å². The molecular weight excluding hydrogens is 350 g/mol. The Morgan fingerprint density at radius 3 is 2.48 bits per heavy atom. The predicted molar refractivity (Wildman–Crippen MR) is 116 cm³/mol. The molecule has 1 aliphatic rings. The molecule has 0 aromatic heterocycles. The molecule has 146 valence electrons. The van der Waals surface area contributed by atoms with Gasteiger partial charge in [0.1, 0.15) is 0 Å². The molecule has 1 N–H and O–H groups in total. The van der Waals surface area contributed by atoms with Crippen LogP contribution >= 0.6 is 11.8 Å². The van der Waals surface area contributed by atoms with Crippen molar-refractivity contribution in [1.29, 1.82) is 0 Å². The highest BCUT2D eigenvalue weighted by molar-refractivity contribution is 7.98. The first-order valence-corrected chi connectivity index (χ1v) is 11.3. The summed E-state index contributed by atoms with van der Waals surface area (Å²) in [7, 11) is 4.24. The zero-order valence-electron chi connectivity index (χ0n) is 16.9. The fourth-order valence-corrected chi connectivity index (χ4v) is 5.32. The molecule has 2 nitrogen and oxygen atoms in total. The van der Waals surface area contributed by atoms with Gasteiger partial charge in [0.05, 0.1) is 5.60 Å². The van der Waals surface area contributed by atoms with Gasteiger partial charge in [-0.15, -0.1) is 11.8 Å². The Morgan fingerprint density at radius 1 is 1.07 bits per heavy atom. The van der Waals surface area contributed by atoms with E-state index in [9.17, 15) is 5.11 Å². The van der Waals surface area contributed by atoms with Gasteiger partial charge in [0, 0.05) is 17.4 Å². The van der Waals surface area contributed by atoms with Crippen molar-refractivity contribution in [2.75, 3.05) is 26.9 Å². The third-order valence-electron chi connectivity index (χ3n) is 6.07. The first kappa shape index (κ1) is 20.4. The molecule has 2 aromatic carbocycles. The van der Waals surface area contributed by atoms with E-state index in [-0.39, 0.29) is 5.92 Å². The Labute approximate surface area is 169 Å². The minimum Gasteiger partial charge on any atom is -0.385 e. The number of aryl methyl sites for hydroxylation is 1. The normalized spacial score (nSPS) is 25.7. The van der Waals surface area contributed by atoms with Gasteiger partial charge in [-0.05, 0) is 75.6 Å². The van der Waals surface area contributed by atoms with Crippen molar-refractivity contribution in [3.63, 3.8) is 0 Å². The highest BCUT2D eigenvalue weighted by Gasteiger charge is 2.44. The van der Waals surface area contributed by atoms with E-state index in [1.807, 2.05) is 0 Å². The average Bonchev–Trinajstić information content (AvgIpc) is 2.69. The summed E-state index contributed by atoms with van der Waals surface area (Å²) in [6.45, 7) is 0.932. The molecule has 0 saturated heterocycles. The van der Waals surface area contributed by atoms with E-state index in [2.05, 4.69) is 79.8 Å². The van der Waals surface area contributed by atoms with Crippen molar-refractivity contribution < 1.29 is 5.11 Å². The summed E-state index contributed by atoms with van der Waals surface area (Å²) in [6.07, 6.45) is 7.53. The van der Waals surface area contributed by atoms with Crippen molar-refractivity contribution >= 4 is 11.8 Å². The van der Waals surface area contributed by atoms with Crippen molar-refractivity contribution in [1.82, 2.24) is 4.90 Å². The second kappa shape index (κ2) is 9.27. The smallest absolute Gasteiger partial charge is 0.0947 e. The van der Waals surface area contributed by atoms with Gasteiger partial charge in [0.25, 0.3) is 0 Å². The summed E-state index contributed by atoms with van der Waals surface area (Å²) in [5.41, 5.74) is 1.84. The largest absolute Gasteiger partial charge is 0.385 e. The lowest BCUT2D eigenvalue weighted by Crippen LogP contribution is -2.45. The van der Waals surface area contributed by atoms with Crippen LogP contribution in [-0.4, -0.2) is 36.9 Å². The molecule has 0 spiro atoms. The summed E-state index contributed by atoms with van der Waals surface area (Å²) in [4.78, 5) is 3.45. The summed E-state index contributed by atoms with van der Waals surface area (Å²) in [6, 6.07) is 19.2. The lowest BCUT2D eigenvalue weighted by atomic mass is 9.66. The van der Waals surface area contributed by atoms with Gasteiger partial charge in [0.2, 0.25) is 0 Å². The fourth-order valence-electron chi connectivity index (χ4n) is 4.64. The molecule has 1 saturated carbocycles. The van der Waals surface area contributed by atoms with E-state index in [4.69, 9.17) is 0 Å². The van der Waals surface area contributed by atoms with Crippen LogP contribution in [0.1, 0.15) is 36.8 Å². The Bertz CT molecular complexity index is 717. The van der Waals surface area contributed by atoms with Crippen LogP contribution in [0.15, 0.2) is 59.5 Å². The number of aliphatic hydroxyl groups is 1. The van der Waals surface area contributed by atoms with Gasteiger partial charge < -0.3 is 10.0 Å². The maximum absolute atomic E-state index is 11.8. The molecule has 0 aliphatic heterocycles. The van der Waals surface area contributed by atoms with Crippen LogP contribution in [-0.2, 0) is 12.0 Å². The van der Waals surface area contributed by atoms with E-state index in [0.29, 0.717) is 5.92 Å². The van der Waals surface area contributed by atoms with Gasteiger partial charge in [-0.1, -0.05) is 48.5 Å². The summed E-state index contributed by atoms with van der Waals surface area (Å²) in [5, 5.41) is 11.8. The number of hydrogen-bond donors (Lipinski definition) is 1. The second-order valence-corrected chi connectivity index (χ2v) is 9.10. The Hall–Kier alpha value is -1.29. The summed E-state index contributed by atoms with van der Waals surface area (Å²) < 4.78 is 0. The number of hydrogen-bond acceptors (Lipinski definition) is 3. The summed E-state index contributed by atoms with van der Waals surface area (Å²) >= 11 is 1.74. The molecule has 3 rings (SSSR count). The molecular formula is C24H33NOS. The van der Waals surface area contributed by atoms with Crippen molar-refractivity contribution in [3.8, 4) is 0 Å². The van der Waals surface area contributed by atoms with E-state index >= 15 is 0 Å². The molecule has 0 radical (unpaired) electrons. The number of rotatable bonds is 7. The minimum absolute atomic E-state index is 0.273. The minimum atomic E-state index is -0.715. The van der Waals surface area contributed by atoms with Crippen LogP contribution in [0.4, 0.5) is 0 Å². The van der Waals surface area contributed by atoms with Crippen LogP contribution in [0.2, 0.25) is 0 Å². The number of benzene rings is 2. The second-order valence-electron chi connectivity index (χ2n) is 8.25. The fraction of sp³-hybridized carbons (Fsp3) is 0.500. The first-order valence-electron chi connectivity index (χ1n) is 10.1. The highest BCUT2D eigenvalue weighted by Crippen LogP contribution is 2.47. The molecule has 3 heteroatoms. The SMILES string of the molecule is CSc1ccccc1C1(O)CCC(CCc2ccccc2)CC1CN(C)C. The molecule has 1 aliphatic carbocycles. The molecule has 0 amide bonds. The van der Waals surface area contributed by atoms with Crippen LogP contribution in [0.5, 0.6) is 0 Å². The zero-order valence-corrected chi connectivity index (χ0v) is 17.7. The Balaban J connectivity index is 1.76. The molecule has 0 heterocycles. The molecule has 0 bridgehead atoms.